The summed E-state index contributed by atoms with van der Waals surface area (Å²) in [5, 5.41) is 13.1. The lowest BCUT2D eigenvalue weighted by Crippen LogP contribution is -2.34. The minimum Gasteiger partial charge on any atom is -0.360 e. The summed E-state index contributed by atoms with van der Waals surface area (Å²) < 4.78 is 7.83. The van der Waals surface area contributed by atoms with E-state index in [4.69, 9.17) is 4.52 Å². The Morgan fingerprint density at radius 2 is 2.04 bits per heavy atom. The lowest BCUT2D eigenvalue weighted by molar-refractivity contribution is 0.148. The molecule has 0 unspecified atom stereocenters. The van der Waals surface area contributed by atoms with E-state index in [9.17, 15) is 0 Å². The van der Waals surface area contributed by atoms with Crippen LogP contribution in [0.2, 0.25) is 0 Å². The quantitative estimate of drug-likeness (QED) is 0.859. The van der Waals surface area contributed by atoms with Gasteiger partial charge in [0.25, 0.3) is 0 Å². The van der Waals surface area contributed by atoms with Crippen molar-refractivity contribution in [2.45, 2.75) is 70.9 Å². The minimum atomic E-state index is 0.490. The van der Waals surface area contributed by atoms with Crippen molar-refractivity contribution in [1.29, 1.82) is 0 Å². The molecule has 1 saturated heterocycles. The molecule has 0 radical (unpaired) electrons. The van der Waals surface area contributed by atoms with Crippen LogP contribution >= 0.6 is 0 Å². The van der Waals surface area contributed by atoms with Crippen LogP contribution in [-0.2, 0) is 19.5 Å². The summed E-state index contributed by atoms with van der Waals surface area (Å²) in [7, 11) is 0. The zero-order valence-corrected chi connectivity index (χ0v) is 15.1. The van der Waals surface area contributed by atoms with Gasteiger partial charge in [-0.25, -0.2) is 0 Å². The summed E-state index contributed by atoms with van der Waals surface area (Å²) in [6, 6.07) is 2.05. The van der Waals surface area contributed by atoms with Gasteiger partial charge in [-0.3, -0.25) is 4.90 Å². The van der Waals surface area contributed by atoms with Gasteiger partial charge in [0.1, 0.15) is 11.6 Å². The first kappa shape index (κ1) is 15.6. The summed E-state index contributed by atoms with van der Waals surface area (Å²) in [6.07, 6.45) is 8.83. The highest BCUT2D eigenvalue weighted by molar-refractivity contribution is 5.21. The van der Waals surface area contributed by atoms with Crippen molar-refractivity contribution in [3.8, 4) is 0 Å². The van der Waals surface area contributed by atoms with Gasteiger partial charge in [-0.15, -0.1) is 10.2 Å². The fourth-order valence-corrected chi connectivity index (χ4v) is 4.90. The van der Waals surface area contributed by atoms with E-state index < -0.39 is 0 Å². The van der Waals surface area contributed by atoms with Gasteiger partial charge in [0, 0.05) is 24.9 Å². The van der Waals surface area contributed by atoms with Crippen molar-refractivity contribution in [3.05, 3.63) is 29.2 Å². The van der Waals surface area contributed by atoms with Crippen LogP contribution in [0.25, 0.3) is 0 Å². The summed E-state index contributed by atoms with van der Waals surface area (Å²) in [6.45, 7) is 6.30. The molecule has 5 rings (SSSR count). The Hall–Kier alpha value is -1.69. The maximum atomic E-state index is 5.38. The molecule has 2 aliphatic heterocycles. The third-order valence-corrected chi connectivity index (χ3v) is 6.55. The van der Waals surface area contributed by atoms with Gasteiger partial charge >= 0.3 is 0 Å². The van der Waals surface area contributed by atoms with Gasteiger partial charge in [-0.2, -0.15) is 0 Å². The Morgan fingerprint density at radius 3 is 2.84 bits per heavy atom. The minimum absolute atomic E-state index is 0.490. The molecule has 0 N–H and O–H groups in total. The number of hydrogen-bond acceptors (Lipinski definition) is 5. The SMILES string of the molecule is Cc1cc(CN2CCC3(CC2)C[C@@H]3c2nnc3n2CCCCC3)on1. The van der Waals surface area contributed by atoms with E-state index in [-0.39, 0.29) is 0 Å². The third-order valence-electron chi connectivity index (χ3n) is 6.55. The Labute approximate surface area is 148 Å². The topological polar surface area (TPSA) is 60.0 Å². The van der Waals surface area contributed by atoms with Gasteiger partial charge in [-0.1, -0.05) is 11.6 Å². The second kappa shape index (κ2) is 5.94. The van der Waals surface area contributed by atoms with E-state index >= 15 is 0 Å². The summed E-state index contributed by atoms with van der Waals surface area (Å²) in [5.41, 5.74) is 1.46. The molecule has 1 saturated carbocycles. The number of fused-ring (bicyclic) bond motifs is 1. The molecule has 2 aromatic rings. The largest absolute Gasteiger partial charge is 0.360 e. The average molecular weight is 341 g/mol. The van der Waals surface area contributed by atoms with E-state index in [1.165, 1.54) is 50.2 Å². The molecule has 0 amide bonds. The molecule has 4 heterocycles. The number of likely N-dealkylation sites (tertiary alicyclic amines) is 1. The average Bonchev–Trinajstić information content (AvgIpc) is 3.05. The molecular formula is C19H27N5O. The molecule has 6 nitrogen and oxygen atoms in total. The second-order valence-electron chi connectivity index (χ2n) is 8.27. The van der Waals surface area contributed by atoms with Crippen molar-refractivity contribution in [3.63, 3.8) is 0 Å². The first-order valence-corrected chi connectivity index (χ1v) is 9.80. The van der Waals surface area contributed by atoms with Crippen molar-refractivity contribution in [2.24, 2.45) is 5.41 Å². The van der Waals surface area contributed by atoms with Crippen LogP contribution in [0.4, 0.5) is 0 Å². The first-order valence-electron chi connectivity index (χ1n) is 9.80. The van der Waals surface area contributed by atoms with E-state index in [1.807, 2.05) is 6.92 Å². The van der Waals surface area contributed by atoms with Gasteiger partial charge in [0.2, 0.25) is 0 Å². The summed E-state index contributed by atoms with van der Waals surface area (Å²) in [5.74, 6) is 4.15. The fourth-order valence-electron chi connectivity index (χ4n) is 4.90. The predicted molar refractivity (Wildman–Crippen MR) is 93.1 cm³/mol. The first-order chi connectivity index (χ1) is 12.2. The molecule has 0 bridgehead atoms. The number of hydrogen-bond donors (Lipinski definition) is 0. The van der Waals surface area contributed by atoms with Crippen molar-refractivity contribution < 1.29 is 4.52 Å². The number of nitrogens with zero attached hydrogens (tertiary/aromatic N) is 5. The zero-order chi connectivity index (χ0) is 16.9. The Kier molecular flexibility index (Phi) is 3.69. The van der Waals surface area contributed by atoms with Crippen molar-refractivity contribution >= 4 is 0 Å². The number of rotatable bonds is 3. The smallest absolute Gasteiger partial charge is 0.150 e. The summed E-state index contributed by atoms with van der Waals surface area (Å²) >= 11 is 0. The second-order valence-corrected chi connectivity index (χ2v) is 8.27. The van der Waals surface area contributed by atoms with E-state index in [1.54, 1.807) is 0 Å². The van der Waals surface area contributed by atoms with Crippen LogP contribution in [0, 0.1) is 12.3 Å². The standard InChI is InChI=1S/C19H27N5O/c1-14-11-15(25-22-14)13-23-9-6-19(7-10-23)12-16(19)18-21-20-17-5-3-2-4-8-24(17)18/h11,16H,2-10,12-13H2,1H3/t16-/m1/s1. The summed E-state index contributed by atoms with van der Waals surface area (Å²) in [4.78, 5) is 2.50. The molecular weight excluding hydrogens is 314 g/mol. The van der Waals surface area contributed by atoms with Crippen LogP contribution in [-0.4, -0.2) is 37.9 Å². The highest BCUT2D eigenvalue weighted by Gasteiger charge is 2.57. The molecule has 2 aromatic heterocycles. The lowest BCUT2D eigenvalue weighted by atomic mass is 9.90. The van der Waals surface area contributed by atoms with Crippen LogP contribution < -0.4 is 0 Å². The Balaban J connectivity index is 1.24. The molecule has 2 fully saturated rings. The monoisotopic (exact) mass is 341 g/mol. The van der Waals surface area contributed by atoms with Gasteiger partial charge in [-0.05, 0) is 57.5 Å². The van der Waals surface area contributed by atoms with Gasteiger partial charge in [0.05, 0.1) is 12.2 Å². The molecule has 6 heteroatoms. The molecule has 1 atom stereocenters. The molecule has 3 aliphatic rings. The molecule has 1 spiro atoms. The van der Waals surface area contributed by atoms with Gasteiger partial charge < -0.3 is 9.09 Å². The predicted octanol–water partition coefficient (Wildman–Crippen LogP) is 3.07. The zero-order valence-electron chi connectivity index (χ0n) is 15.1. The Bertz CT molecular complexity index is 756. The highest BCUT2D eigenvalue weighted by Crippen LogP contribution is 2.64. The van der Waals surface area contributed by atoms with Crippen LogP contribution in [0.3, 0.4) is 0 Å². The van der Waals surface area contributed by atoms with Crippen molar-refractivity contribution in [2.75, 3.05) is 13.1 Å². The lowest BCUT2D eigenvalue weighted by Gasteiger charge is -2.32. The molecule has 25 heavy (non-hydrogen) atoms. The van der Waals surface area contributed by atoms with Crippen LogP contribution in [0.15, 0.2) is 10.6 Å². The van der Waals surface area contributed by atoms with Crippen molar-refractivity contribution in [1.82, 2.24) is 24.8 Å². The molecule has 134 valence electrons. The molecule has 1 aliphatic carbocycles. The number of piperidine rings is 1. The normalized spacial score (nSPS) is 25.7. The molecule has 0 aromatic carbocycles. The van der Waals surface area contributed by atoms with E-state index in [2.05, 4.69) is 30.9 Å². The van der Waals surface area contributed by atoms with Crippen LogP contribution in [0.1, 0.15) is 67.5 Å². The number of aromatic nitrogens is 4. The van der Waals surface area contributed by atoms with E-state index in [0.717, 1.165) is 44.1 Å². The highest BCUT2D eigenvalue weighted by atomic mass is 16.5. The van der Waals surface area contributed by atoms with E-state index in [0.29, 0.717) is 11.3 Å². The van der Waals surface area contributed by atoms with Gasteiger partial charge in [0.15, 0.2) is 5.76 Å². The third kappa shape index (κ3) is 2.80. The number of aryl methyl sites for hydroxylation is 2. The fraction of sp³-hybridized carbons (Fsp3) is 0.737. The maximum absolute atomic E-state index is 5.38. The Morgan fingerprint density at radius 1 is 1.16 bits per heavy atom. The maximum Gasteiger partial charge on any atom is 0.150 e. The van der Waals surface area contributed by atoms with Crippen LogP contribution in [0.5, 0.6) is 0 Å².